The first kappa shape index (κ1) is 121. The average molecular weight is 1810 g/mol. The molecule has 724 valence electrons. The van der Waals surface area contributed by atoms with Crippen LogP contribution in [0.3, 0.4) is 0 Å². The molecular formula is C108H226O7Si6. The molecule has 0 bridgehead atoms. The quantitative estimate of drug-likeness (QED) is 0.0260. The molecule has 121 heavy (non-hydrogen) atoms. The van der Waals surface area contributed by atoms with Crippen LogP contribution in [-0.4, -0.2) is 56.9 Å². The lowest BCUT2D eigenvalue weighted by Gasteiger charge is -2.51. The molecule has 0 aliphatic heterocycles. The Kier molecular flexibility index (Phi) is 88.5. The third-order valence-corrected chi connectivity index (χ3v) is 58.4. The Morgan fingerprint density at radius 1 is 0.165 bits per heavy atom. The van der Waals surface area contributed by atoms with Crippen molar-refractivity contribution < 1.29 is 29.8 Å². The second-order valence-corrected chi connectivity index (χ2v) is 62.3. The van der Waals surface area contributed by atoms with Gasteiger partial charge in [0.2, 0.25) is 0 Å². The minimum absolute atomic E-state index is 0.0308. The van der Waals surface area contributed by atoms with Crippen molar-refractivity contribution in [3.8, 4) is 0 Å². The molecule has 0 heterocycles. The van der Waals surface area contributed by atoms with Crippen molar-refractivity contribution in [2.75, 3.05) is 0 Å². The fourth-order valence-corrected chi connectivity index (χ4v) is 58.0. The van der Waals surface area contributed by atoms with Crippen molar-refractivity contribution >= 4 is 56.9 Å². The van der Waals surface area contributed by atoms with Gasteiger partial charge in [-0.25, -0.2) is 0 Å². The van der Waals surface area contributed by atoms with E-state index in [0.29, 0.717) is 5.76 Å². The molecule has 0 rings (SSSR count). The lowest BCUT2D eigenvalue weighted by molar-refractivity contribution is -0.115. The van der Waals surface area contributed by atoms with Gasteiger partial charge in [-0.1, -0.05) is 597 Å². The van der Waals surface area contributed by atoms with Crippen LogP contribution < -0.4 is 0 Å². The largest absolute Gasteiger partial charge is 0.518 e. The minimum Gasteiger partial charge on any atom is -0.518 e. The molecule has 0 spiro atoms. The zero-order valence-corrected chi connectivity index (χ0v) is 91.9. The van der Waals surface area contributed by atoms with Gasteiger partial charge in [0, 0.05) is 19.0 Å². The van der Waals surface area contributed by atoms with Gasteiger partial charge in [-0.05, 0) is 66.5 Å². The van der Waals surface area contributed by atoms with Gasteiger partial charge in [0.25, 0.3) is 0 Å². The van der Waals surface area contributed by atoms with Crippen molar-refractivity contribution in [2.45, 2.75) is 676 Å². The van der Waals surface area contributed by atoms with E-state index >= 15 is 0 Å². The zero-order chi connectivity index (χ0) is 88.7. The summed E-state index contributed by atoms with van der Waals surface area (Å²) in [4.78, 5) is 14.3. The molecule has 0 aromatic rings. The van der Waals surface area contributed by atoms with Crippen LogP contribution in [-0.2, 0) is 29.8 Å². The number of Topliss-reactive ketones (excluding diaryl/α,β-unsaturated/α-hetero) is 1. The number of hydrogen-bond acceptors (Lipinski definition) is 7. The van der Waals surface area contributed by atoms with E-state index in [2.05, 4.69) is 96.6 Å². The molecule has 7 nitrogen and oxygen atoms in total. The molecule has 0 aliphatic carbocycles. The molecule has 0 radical (unpaired) electrons. The molecule has 0 atom stereocenters. The van der Waals surface area contributed by atoms with Crippen LogP contribution in [0.5, 0.6) is 0 Å². The normalized spacial score (nSPS) is 12.6. The number of rotatable bonds is 104. The summed E-state index contributed by atoms with van der Waals surface area (Å²) in [5.41, 5.74) is 0. The minimum atomic E-state index is -3.44. The number of carbonyl (C=O) groups excluding carboxylic acids is 1. The number of carbonyl (C=O) groups is 1. The zero-order valence-electron chi connectivity index (χ0n) is 85.9. The number of unbranched alkanes of at least 4 members (excludes halogenated alkanes) is 65. The van der Waals surface area contributed by atoms with Crippen LogP contribution in [0.1, 0.15) is 598 Å². The lowest BCUT2D eigenvalue weighted by Crippen LogP contribution is -2.66. The summed E-state index contributed by atoms with van der Waals surface area (Å²) in [6.45, 7) is 37.6. The maximum Gasteiger partial charge on any atom is 0.390 e. The second-order valence-electron chi connectivity index (χ2n) is 40.1. The van der Waals surface area contributed by atoms with Gasteiger partial charge in [0.15, 0.2) is 14.1 Å². The Balaban J connectivity index is 11.0. The van der Waals surface area contributed by atoms with Crippen LogP contribution in [0.4, 0.5) is 0 Å². The average Bonchev–Trinajstić information content (AvgIpc) is 0.761. The van der Waals surface area contributed by atoms with Crippen LogP contribution in [0.15, 0.2) is 12.3 Å². The first-order chi connectivity index (χ1) is 59.2. The maximum atomic E-state index is 14.3. The molecule has 0 unspecified atom stereocenters. The Morgan fingerprint density at radius 2 is 0.281 bits per heavy atom. The first-order valence-corrected chi connectivity index (χ1v) is 70.2. The van der Waals surface area contributed by atoms with E-state index in [9.17, 15) is 21.3 Å². The molecule has 0 aromatic carbocycles. The summed E-state index contributed by atoms with van der Waals surface area (Å²) in [5.74, 6) is 0.320. The summed E-state index contributed by atoms with van der Waals surface area (Å²) in [7, 11) is -19.2. The Hall–Kier alpha value is 0.311. The predicted molar refractivity (Wildman–Crippen MR) is 557 cm³/mol. The third-order valence-electron chi connectivity index (χ3n) is 27.7. The van der Waals surface area contributed by atoms with Crippen molar-refractivity contribution in [1.82, 2.24) is 0 Å². The predicted octanol–water partition coefficient (Wildman–Crippen LogP) is 41.0. The van der Waals surface area contributed by atoms with E-state index in [1.807, 2.05) is 0 Å². The number of hydrogen-bond donors (Lipinski definition) is 0. The standard InChI is InChI=1S/C108H226O7Si6/c1-16-29-42-55-68-81-94-116(95-82-69-56-43-30-17-2,96-83-70-57-44-31-18-3)111-118(99-86-73-60-47-34-21-6,100-87-74-61-48-35-22-7)113-120(103-90-77-64-51-38-25-10,104-91-78-65-52-39-26-11)115-121(105-92-79-66-53-40-27-12,106-93-80-67-54-41-28-13)114-119(101-88-75-62-49-36-23-8,102-89-76-63-50-37-24-9)112-117(110-108(15)107(14)109,97-84-71-58-45-32-19-4)98-85-72-59-46-33-20-5/h15-106H2,1-14H3. The van der Waals surface area contributed by atoms with Gasteiger partial charge in [-0.3, -0.25) is 4.79 Å². The van der Waals surface area contributed by atoms with Gasteiger partial charge >= 0.3 is 42.8 Å². The fourth-order valence-electron chi connectivity index (χ4n) is 19.8. The number of allylic oxidation sites excluding steroid dienone is 1. The van der Waals surface area contributed by atoms with Gasteiger partial charge in [0.05, 0.1) is 0 Å². The highest BCUT2D eigenvalue weighted by Gasteiger charge is 2.60. The van der Waals surface area contributed by atoms with E-state index in [-0.39, 0.29) is 5.78 Å². The lowest BCUT2D eigenvalue weighted by atomic mass is 10.1. The first-order valence-electron chi connectivity index (χ1n) is 56.5. The molecule has 0 amide bonds. The van der Waals surface area contributed by atoms with E-state index in [4.69, 9.17) is 8.54 Å². The topological polar surface area (TPSA) is 72.5 Å². The van der Waals surface area contributed by atoms with E-state index < -0.39 is 51.1 Å². The second kappa shape index (κ2) is 88.2. The highest BCUT2D eigenvalue weighted by molar-refractivity contribution is 6.93. The summed E-state index contributed by atoms with van der Waals surface area (Å²) in [6.07, 6.45) is 100. The molecule has 0 aliphatic rings. The molecule has 0 aromatic heterocycles. The van der Waals surface area contributed by atoms with Crippen LogP contribution in [0.25, 0.3) is 0 Å². The summed E-state index contributed by atoms with van der Waals surface area (Å²) in [5, 5.41) is 0. The molecule has 0 saturated carbocycles. The maximum absolute atomic E-state index is 14.3. The van der Waals surface area contributed by atoms with Crippen molar-refractivity contribution in [2.24, 2.45) is 0 Å². The van der Waals surface area contributed by atoms with Gasteiger partial charge in [-0.15, -0.1) is 0 Å². The highest BCUT2D eigenvalue weighted by Crippen LogP contribution is 2.47. The van der Waals surface area contributed by atoms with E-state index in [0.717, 1.165) is 99.0 Å². The Morgan fingerprint density at radius 3 is 0.430 bits per heavy atom. The summed E-state index contributed by atoms with van der Waals surface area (Å²) >= 11 is 0. The Bertz CT molecular complexity index is 2010. The van der Waals surface area contributed by atoms with Gasteiger partial charge < -0.3 is 25.0 Å². The van der Waals surface area contributed by atoms with Crippen molar-refractivity contribution in [3.63, 3.8) is 0 Å². The van der Waals surface area contributed by atoms with Crippen molar-refractivity contribution in [1.29, 1.82) is 0 Å². The van der Waals surface area contributed by atoms with E-state index in [1.54, 1.807) is 6.92 Å². The van der Waals surface area contributed by atoms with E-state index in [1.165, 1.54) is 480 Å². The van der Waals surface area contributed by atoms with Gasteiger partial charge in [-0.2, -0.15) is 0 Å². The SMILES string of the molecule is C=C(O[Si](CCCCCCCC)(CCCCCCCC)O[Si](CCCCCCCC)(CCCCCCCC)O[Si](CCCCCCCC)(CCCCCCCC)O[Si](CCCCCCCC)(CCCCCCCC)O[Si](CCCCCCCC)(CCCCCCCC)O[Si](CCCCCCCC)(CCCCCCCC)CCCCCCCC)C(C)=O. The molecular weight excluding hydrogens is 1580 g/mol. The van der Waals surface area contributed by atoms with Crippen molar-refractivity contribution in [3.05, 3.63) is 12.3 Å². The Labute approximate surface area is 770 Å². The van der Waals surface area contributed by atoms with Gasteiger partial charge in [0.1, 0.15) is 5.76 Å². The van der Waals surface area contributed by atoms with Crippen LogP contribution in [0, 0.1) is 0 Å². The summed E-state index contributed by atoms with van der Waals surface area (Å²) < 4.78 is 55.5. The molecule has 0 N–H and O–H groups in total. The summed E-state index contributed by atoms with van der Waals surface area (Å²) in [6, 6.07) is 14.4. The smallest absolute Gasteiger partial charge is 0.390 e. The monoisotopic (exact) mass is 1800 g/mol. The highest BCUT2D eigenvalue weighted by atomic mass is 28.5. The molecule has 0 fully saturated rings. The van der Waals surface area contributed by atoms with Crippen LogP contribution >= 0.6 is 0 Å². The fraction of sp³-hybridized carbons (Fsp3) is 0.972. The number of ketones is 1. The third kappa shape index (κ3) is 68.9. The molecule has 0 saturated heterocycles. The molecule has 13 heteroatoms. The van der Waals surface area contributed by atoms with Crippen LogP contribution in [0.2, 0.25) is 78.6 Å².